The molecule has 1 heterocycles. The van der Waals surface area contributed by atoms with E-state index in [2.05, 4.69) is 49.8 Å². The number of allylic oxidation sites excluding steroid dienone is 1. The van der Waals surface area contributed by atoms with Crippen LogP contribution in [0, 0.1) is 19.8 Å². The first kappa shape index (κ1) is 12.8. The van der Waals surface area contributed by atoms with Crippen LogP contribution in [0.15, 0.2) is 24.8 Å². The number of pyridine rings is 1. The zero-order valence-electron chi connectivity index (χ0n) is 10.7. The molecule has 0 fully saturated rings. The highest BCUT2D eigenvalue weighted by molar-refractivity contribution is 5.39. The van der Waals surface area contributed by atoms with Crippen LogP contribution < -0.4 is 5.32 Å². The molecule has 0 aromatic carbocycles. The van der Waals surface area contributed by atoms with Crippen molar-refractivity contribution in [2.45, 2.75) is 40.2 Å². The summed E-state index contributed by atoms with van der Waals surface area (Å²) in [7, 11) is 0. The Balaban J connectivity index is 2.68. The van der Waals surface area contributed by atoms with E-state index in [-0.39, 0.29) is 0 Å². The van der Waals surface area contributed by atoms with Crippen LogP contribution in [0.1, 0.15) is 31.5 Å². The summed E-state index contributed by atoms with van der Waals surface area (Å²) in [5.41, 5.74) is 2.31. The smallest absolute Gasteiger partial charge is 0.126 e. The Hall–Kier alpha value is -1.31. The summed E-state index contributed by atoms with van der Waals surface area (Å²) in [5, 5.41) is 3.45. The Morgan fingerprint density at radius 1 is 1.38 bits per heavy atom. The average Bonchev–Trinajstić information content (AvgIpc) is 2.16. The van der Waals surface area contributed by atoms with Gasteiger partial charge in [-0.25, -0.2) is 4.98 Å². The van der Waals surface area contributed by atoms with Gasteiger partial charge < -0.3 is 5.32 Å². The molecule has 1 N–H and O–H groups in total. The van der Waals surface area contributed by atoms with E-state index in [0.29, 0.717) is 12.0 Å². The van der Waals surface area contributed by atoms with E-state index in [1.54, 1.807) is 0 Å². The second-order valence-corrected chi connectivity index (χ2v) is 4.61. The normalized spacial score (nSPS) is 14.2. The summed E-state index contributed by atoms with van der Waals surface area (Å²) >= 11 is 0. The number of aromatic nitrogens is 1. The molecule has 1 aromatic heterocycles. The topological polar surface area (TPSA) is 24.9 Å². The Kier molecular flexibility index (Phi) is 4.53. The van der Waals surface area contributed by atoms with Crippen LogP contribution in [0.3, 0.4) is 0 Å². The number of nitrogens with one attached hydrogen (secondary N) is 1. The van der Waals surface area contributed by atoms with Gasteiger partial charge in [-0.3, -0.25) is 0 Å². The molecular formula is C14H22N2. The minimum absolute atomic E-state index is 0.409. The first-order chi connectivity index (χ1) is 7.52. The maximum atomic E-state index is 4.48. The number of hydrogen-bond donors (Lipinski definition) is 1. The van der Waals surface area contributed by atoms with Crippen LogP contribution in [-0.4, -0.2) is 11.0 Å². The van der Waals surface area contributed by atoms with E-state index in [4.69, 9.17) is 0 Å². The Bertz CT molecular complexity index is 338. The highest BCUT2D eigenvalue weighted by Crippen LogP contribution is 2.15. The monoisotopic (exact) mass is 218 g/mol. The molecule has 0 spiro atoms. The first-order valence-corrected chi connectivity index (χ1v) is 5.85. The molecule has 1 rings (SSSR count). The van der Waals surface area contributed by atoms with Crippen molar-refractivity contribution >= 4 is 5.82 Å². The van der Waals surface area contributed by atoms with Crippen molar-refractivity contribution in [3.63, 3.8) is 0 Å². The van der Waals surface area contributed by atoms with Crippen LogP contribution >= 0.6 is 0 Å². The minimum atomic E-state index is 0.409. The fraction of sp³-hybridized carbons (Fsp3) is 0.500. The maximum Gasteiger partial charge on any atom is 0.126 e. The fourth-order valence-electron chi connectivity index (χ4n) is 1.76. The van der Waals surface area contributed by atoms with Crippen molar-refractivity contribution in [3.05, 3.63) is 36.0 Å². The standard InChI is InChI=1S/C14H22N2/c1-6-7-11(3)13(5)16-14-9-10(2)8-12(4)15-14/h6,8-9,11,13H,1,7H2,2-5H3,(H,15,16). The molecule has 16 heavy (non-hydrogen) atoms. The lowest BCUT2D eigenvalue weighted by Crippen LogP contribution is -2.24. The lowest BCUT2D eigenvalue weighted by molar-refractivity contribution is 0.516. The molecule has 2 atom stereocenters. The highest BCUT2D eigenvalue weighted by atomic mass is 15.0. The van der Waals surface area contributed by atoms with Crippen molar-refractivity contribution in [3.8, 4) is 0 Å². The molecule has 2 heteroatoms. The van der Waals surface area contributed by atoms with Crippen molar-refractivity contribution < 1.29 is 0 Å². The molecule has 0 aliphatic carbocycles. The van der Waals surface area contributed by atoms with Gasteiger partial charge in [-0.15, -0.1) is 6.58 Å². The minimum Gasteiger partial charge on any atom is -0.367 e. The van der Waals surface area contributed by atoms with Crippen LogP contribution in [-0.2, 0) is 0 Å². The van der Waals surface area contributed by atoms with Gasteiger partial charge in [0.25, 0.3) is 0 Å². The van der Waals surface area contributed by atoms with E-state index in [1.807, 2.05) is 13.0 Å². The molecule has 0 saturated heterocycles. The highest BCUT2D eigenvalue weighted by Gasteiger charge is 2.11. The van der Waals surface area contributed by atoms with Crippen molar-refractivity contribution in [2.75, 3.05) is 5.32 Å². The second kappa shape index (κ2) is 5.69. The number of anilines is 1. The van der Waals surface area contributed by atoms with Gasteiger partial charge in [0.2, 0.25) is 0 Å². The lowest BCUT2D eigenvalue weighted by atomic mass is 10.00. The zero-order valence-corrected chi connectivity index (χ0v) is 10.7. The Labute approximate surface area is 98.8 Å². The third-order valence-corrected chi connectivity index (χ3v) is 2.87. The molecular weight excluding hydrogens is 196 g/mol. The molecule has 88 valence electrons. The predicted octanol–water partition coefficient (Wildman–Crippen LogP) is 3.71. The maximum absolute atomic E-state index is 4.48. The van der Waals surface area contributed by atoms with Gasteiger partial charge in [0.1, 0.15) is 5.82 Å². The largest absolute Gasteiger partial charge is 0.367 e. The van der Waals surface area contributed by atoms with Crippen molar-refractivity contribution in [1.82, 2.24) is 4.98 Å². The van der Waals surface area contributed by atoms with E-state index in [1.165, 1.54) is 5.56 Å². The molecule has 0 saturated carbocycles. The van der Waals surface area contributed by atoms with Gasteiger partial charge in [0.15, 0.2) is 0 Å². The van der Waals surface area contributed by atoms with Gasteiger partial charge in [-0.1, -0.05) is 13.0 Å². The molecule has 0 amide bonds. The van der Waals surface area contributed by atoms with Crippen LogP contribution in [0.25, 0.3) is 0 Å². The van der Waals surface area contributed by atoms with Gasteiger partial charge in [-0.05, 0) is 50.8 Å². The van der Waals surface area contributed by atoms with E-state index >= 15 is 0 Å². The molecule has 2 unspecified atom stereocenters. The fourth-order valence-corrected chi connectivity index (χ4v) is 1.76. The third kappa shape index (κ3) is 3.69. The summed E-state index contributed by atoms with van der Waals surface area (Å²) in [4.78, 5) is 4.48. The summed E-state index contributed by atoms with van der Waals surface area (Å²) in [6.07, 6.45) is 3.00. The van der Waals surface area contributed by atoms with Gasteiger partial charge in [0, 0.05) is 11.7 Å². The molecule has 0 aliphatic heterocycles. The van der Waals surface area contributed by atoms with E-state index in [9.17, 15) is 0 Å². The SMILES string of the molecule is C=CCC(C)C(C)Nc1cc(C)cc(C)n1. The van der Waals surface area contributed by atoms with Crippen molar-refractivity contribution in [1.29, 1.82) is 0 Å². The van der Waals surface area contributed by atoms with Crippen molar-refractivity contribution in [2.24, 2.45) is 5.92 Å². The van der Waals surface area contributed by atoms with Crippen LogP contribution in [0.4, 0.5) is 5.82 Å². The first-order valence-electron chi connectivity index (χ1n) is 5.85. The number of rotatable bonds is 5. The summed E-state index contributed by atoms with van der Waals surface area (Å²) in [6, 6.07) is 4.58. The van der Waals surface area contributed by atoms with Gasteiger partial charge >= 0.3 is 0 Å². The van der Waals surface area contributed by atoms with Crippen LogP contribution in [0.2, 0.25) is 0 Å². The van der Waals surface area contributed by atoms with E-state index < -0.39 is 0 Å². The third-order valence-electron chi connectivity index (χ3n) is 2.87. The average molecular weight is 218 g/mol. The summed E-state index contributed by atoms with van der Waals surface area (Å²) < 4.78 is 0. The van der Waals surface area contributed by atoms with Crippen LogP contribution in [0.5, 0.6) is 0 Å². The Morgan fingerprint density at radius 3 is 2.62 bits per heavy atom. The lowest BCUT2D eigenvalue weighted by Gasteiger charge is -2.21. The number of hydrogen-bond acceptors (Lipinski definition) is 2. The number of aryl methyl sites for hydroxylation is 2. The number of nitrogens with zero attached hydrogens (tertiary/aromatic N) is 1. The van der Waals surface area contributed by atoms with Gasteiger partial charge in [0.05, 0.1) is 0 Å². The predicted molar refractivity (Wildman–Crippen MR) is 70.8 cm³/mol. The Morgan fingerprint density at radius 2 is 2.06 bits per heavy atom. The van der Waals surface area contributed by atoms with Gasteiger partial charge in [-0.2, -0.15) is 0 Å². The molecule has 0 bridgehead atoms. The summed E-state index contributed by atoms with van der Waals surface area (Å²) in [5.74, 6) is 1.54. The molecule has 0 radical (unpaired) electrons. The molecule has 1 aromatic rings. The quantitative estimate of drug-likeness (QED) is 0.762. The van der Waals surface area contributed by atoms with E-state index in [0.717, 1.165) is 17.9 Å². The molecule has 0 aliphatic rings. The zero-order chi connectivity index (χ0) is 12.1. The second-order valence-electron chi connectivity index (χ2n) is 4.61. The summed E-state index contributed by atoms with van der Waals surface area (Å²) in [6.45, 7) is 12.3. The molecule has 2 nitrogen and oxygen atoms in total.